The zero-order valence-corrected chi connectivity index (χ0v) is 10.2. The molecule has 0 atom stereocenters. The third-order valence-corrected chi connectivity index (χ3v) is 9.85. The largest absolute Gasteiger partial charge is 0.504 e. The molecule has 0 unspecified atom stereocenters. The molecule has 0 aliphatic carbocycles. The van der Waals surface area contributed by atoms with Gasteiger partial charge in [-0.3, -0.25) is 0 Å². The van der Waals surface area contributed by atoms with Crippen molar-refractivity contribution in [2.75, 3.05) is 0 Å². The van der Waals surface area contributed by atoms with E-state index in [0.29, 0.717) is 0 Å². The Morgan fingerprint density at radius 1 is 0.923 bits per heavy atom. The van der Waals surface area contributed by atoms with Gasteiger partial charge in [-0.05, 0) is 63.2 Å². The first kappa shape index (κ1) is 10.1. The van der Waals surface area contributed by atoms with Crippen LogP contribution in [0.4, 0.5) is 0 Å². The van der Waals surface area contributed by atoms with Gasteiger partial charge in [0.1, 0.15) is 0 Å². The van der Waals surface area contributed by atoms with Gasteiger partial charge in [-0.1, -0.05) is 0 Å². The molecule has 0 spiro atoms. The Hall–Kier alpha value is 0.570. The van der Waals surface area contributed by atoms with Gasteiger partial charge in [0, 0.05) is 4.90 Å². The van der Waals surface area contributed by atoms with Crippen LogP contribution < -0.4 is 0 Å². The molecule has 1 aromatic rings. The van der Waals surface area contributed by atoms with Crippen LogP contribution in [0, 0.1) is 0 Å². The minimum atomic E-state index is -0.0515. The number of aromatic hydroxyl groups is 2. The number of hydrogen-bond donors (Lipinski definition) is 2. The molecule has 0 radical (unpaired) electrons. The van der Waals surface area contributed by atoms with Crippen molar-refractivity contribution in [2.45, 2.75) is 9.79 Å². The van der Waals surface area contributed by atoms with Crippen molar-refractivity contribution in [1.82, 2.24) is 0 Å². The molecule has 1 heterocycles. The van der Waals surface area contributed by atoms with Gasteiger partial charge in [-0.2, -0.15) is 0 Å². The predicted octanol–water partition coefficient (Wildman–Crippen LogP) is 4.16. The molecule has 2 rings (SSSR count). The van der Waals surface area contributed by atoms with Gasteiger partial charge in [-0.25, -0.2) is 0 Å². The number of phenolic OH excluding ortho intramolecular Hbond substituents is 2. The van der Waals surface area contributed by atoms with Crippen LogP contribution in [0.5, 0.6) is 11.5 Å². The highest BCUT2D eigenvalue weighted by Gasteiger charge is 2.17. The van der Waals surface area contributed by atoms with E-state index < -0.39 is 0 Å². The quantitative estimate of drug-likeness (QED) is 0.541. The molecule has 0 bridgehead atoms. The Balaban J connectivity index is 2.48. The molecule has 1 aliphatic heterocycles. The first-order valence-corrected chi connectivity index (χ1v) is 9.33. The molecule has 2 N–H and O–H groups in total. The molecule has 1 aromatic carbocycles. The number of fused-ring (bicyclic) bond motifs is 1. The number of rotatable bonds is 0. The summed E-state index contributed by atoms with van der Waals surface area (Å²) in [4.78, 5) is 1.76. The van der Waals surface area contributed by atoms with E-state index >= 15 is 0 Å². The third-order valence-electron chi connectivity index (χ3n) is 1.37. The van der Waals surface area contributed by atoms with E-state index in [1.165, 1.54) is 16.9 Å². The summed E-state index contributed by atoms with van der Waals surface area (Å²) in [5.41, 5.74) is 0. The molecular formula is C6H4O2S5. The van der Waals surface area contributed by atoms with Crippen molar-refractivity contribution in [3.8, 4) is 11.5 Å². The third kappa shape index (κ3) is 2.15. The smallest absolute Gasteiger partial charge is 0.173 e. The Morgan fingerprint density at radius 3 is 2.54 bits per heavy atom. The highest BCUT2D eigenvalue weighted by Crippen LogP contribution is 2.61. The monoisotopic (exact) mass is 268 g/mol. The predicted molar refractivity (Wildman–Crippen MR) is 64.3 cm³/mol. The molecule has 0 aromatic heterocycles. The van der Waals surface area contributed by atoms with E-state index in [-0.39, 0.29) is 11.5 Å². The number of benzene rings is 1. The lowest BCUT2D eigenvalue weighted by atomic mass is 10.3. The average molecular weight is 268 g/mol. The van der Waals surface area contributed by atoms with Crippen LogP contribution in [0.15, 0.2) is 21.9 Å². The molecule has 7 heteroatoms. The molecule has 13 heavy (non-hydrogen) atoms. The maximum Gasteiger partial charge on any atom is 0.173 e. The Bertz CT molecular complexity index is 329. The van der Waals surface area contributed by atoms with Gasteiger partial charge in [0.25, 0.3) is 0 Å². The van der Waals surface area contributed by atoms with E-state index in [2.05, 4.69) is 0 Å². The lowest BCUT2D eigenvalue weighted by Crippen LogP contribution is -1.76. The molecule has 2 nitrogen and oxygen atoms in total. The summed E-state index contributed by atoms with van der Waals surface area (Å²) in [6.07, 6.45) is 0. The van der Waals surface area contributed by atoms with E-state index in [4.69, 9.17) is 0 Å². The lowest BCUT2D eigenvalue weighted by molar-refractivity contribution is 0.392. The van der Waals surface area contributed by atoms with E-state index in [9.17, 15) is 10.2 Å². The first-order chi connectivity index (χ1) is 6.29. The van der Waals surface area contributed by atoms with Gasteiger partial charge in [0.2, 0.25) is 0 Å². The molecule has 0 saturated carbocycles. The Morgan fingerprint density at radius 2 is 1.69 bits per heavy atom. The number of hydrogen-bond acceptors (Lipinski definition) is 7. The summed E-state index contributed by atoms with van der Waals surface area (Å²) < 4.78 is 0. The van der Waals surface area contributed by atoms with Crippen LogP contribution in [0.1, 0.15) is 0 Å². The Labute approximate surface area is 94.2 Å². The topological polar surface area (TPSA) is 40.5 Å². The zero-order chi connectivity index (χ0) is 9.26. The van der Waals surface area contributed by atoms with E-state index in [0.717, 1.165) is 9.79 Å². The van der Waals surface area contributed by atoms with Crippen molar-refractivity contribution in [3.63, 3.8) is 0 Å². The summed E-state index contributed by atoms with van der Waals surface area (Å²) in [6, 6.07) is 3.34. The fraction of sp³-hybridized carbons (Fsp3) is 0. The second-order valence-electron chi connectivity index (χ2n) is 2.13. The van der Waals surface area contributed by atoms with Crippen LogP contribution in [0.2, 0.25) is 0 Å². The summed E-state index contributed by atoms with van der Waals surface area (Å²) >= 11 is 0. The summed E-state index contributed by atoms with van der Waals surface area (Å²) in [5, 5.41) is 18.8. The van der Waals surface area contributed by atoms with Crippen LogP contribution in [-0.2, 0) is 0 Å². The molecular weight excluding hydrogens is 264 g/mol. The maximum absolute atomic E-state index is 9.55. The fourth-order valence-electron chi connectivity index (χ4n) is 0.798. The van der Waals surface area contributed by atoms with Gasteiger partial charge in [-0.15, -0.1) is 0 Å². The van der Waals surface area contributed by atoms with Crippen molar-refractivity contribution in [3.05, 3.63) is 12.1 Å². The molecule has 0 amide bonds. The van der Waals surface area contributed by atoms with Crippen molar-refractivity contribution in [1.29, 1.82) is 0 Å². The van der Waals surface area contributed by atoms with Crippen LogP contribution >= 0.6 is 51.1 Å². The maximum atomic E-state index is 9.55. The average Bonchev–Trinajstić information content (AvgIpc) is 2.36. The van der Waals surface area contributed by atoms with Crippen molar-refractivity contribution in [2.24, 2.45) is 0 Å². The van der Waals surface area contributed by atoms with Gasteiger partial charge in [0.15, 0.2) is 11.5 Å². The minimum absolute atomic E-state index is 0.00870. The highest BCUT2D eigenvalue weighted by atomic mass is 33.8. The van der Waals surface area contributed by atoms with Gasteiger partial charge >= 0.3 is 0 Å². The fourth-order valence-corrected chi connectivity index (χ4v) is 9.72. The van der Waals surface area contributed by atoms with Crippen LogP contribution in [-0.4, -0.2) is 10.2 Å². The second-order valence-corrected chi connectivity index (χ2v) is 9.62. The zero-order valence-electron chi connectivity index (χ0n) is 6.09. The minimum Gasteiger partial charge on any atom is -0.504 e. The van der Waals surface area contributed by atoms with Gasteiger partial charge < -0.3 is 10.2 Å². The van der Waals surface area contributed by atoms with Crippen molar-refractivity contribution < 1.29 is 10.2 Å². The molecule has 0 saturated heterocycles. The standard InChI is InChI=1S/C6H4O2S5/c7-3-1-2-4-6(5(3)8)10-12-13-11-9-4/h1-2,7-8H. The summed E-state index contributed by atoms with van der Waals surface area (Å²) in [5.74, 6) is -0.0602. The SMILES string of the molecule is Oc1ccc2c(c1O)SSSSS2. The lowest BCUT2D eigenvalue weighted by Gasteiger charge is -2.05. The van der Waals surface area contributed by atoms with Crippen molar-refractivity contribution >= 4 is 51.1 Å². The second kappa shape index (κ2) is 4.39. The summed E-state index contributed by atoms with van der Waals surface area (Å²) in [6.45, 7) is 0. The summed E-state index contributed by atoms with van der Waals surface area (Å²) in [7, 11) is 7.97. The van der Waals surface area contributed by atoms with Gasteiger partial charge in [0.05, 0.1) is 4.90 Å². The van der Waals surface area contributed by atoms with Crippen LogP contribution in [0.3, 0.4) is 0 Å². The molecule has 70 valence electrons. The number of phenols is 2. The molecule has 0 fully saturated rings. The first-order valence-electron chi connectivity index (χ1n) is 3.18. The normalized spacial score (nSPS) is 16.3. The Kier molecular flexibility index (Phi) is 3.41. The van der Waals surface area contributed by atoms with E-state index in [1.807, 2.05) is 6.07 Å². The van der Waals surface area contributed by atoms with Crippen LogP contribution in [0.25, 0.3) is 0 Å². The van der Waals surface area contributed by atoms with E-state index in [1.54, 1.807) is 40.3 Å². The highest BCUT2D eigenvalue weighted by molar-refractivity contribution is 9.36. The molecule has 1 aliphatic rings.